The van der Waals surface area contributed by atoms with Crippen molar-refractivity contribution in [1.82, 2.24) is 4.31 Å². The lowest BCUT2D eigenvalue weighted by molar-refractivity contribution is -0.123. The van der Waals surface area contributed by atoms with Gasteiger partial charge < -0.3 is 10.1 Å². The lowest BCUT2D eigenvalue weighted by atomic mass is 10.2. The van der Waals surface area contributed by atoms with Crippen molar-refractivity contribution >= 4 is 62.4 Å². The van der Waals surface area contributed by atoms with E-state index in [1.807, 2.05) is 0 Å². The summed E-state index contributed by atoms with van der Waals surface area (Å²) in [5.74, 6) is -1.53. The molecule has 0 heterocycles. The number of anilines is 1. The van der Waals surface area contributed by atoms with Gasteiger partial charge in [0.15, 0.2) is 6.10 Å². The molecule has 2 rings (SSSR count). The molecule has 1 N–H and O–H groups in total. The molecule has 156 valence electrons. The van der Waals surface area contributed by atoms with E-state index in [0.29, 0.717) is 5.02 Å². The zero-order valence-electron chi connectivity index (χ0n) is 15.6. The molecule has 1 unspecified atom stereocenters. The van der Waals surface area contributed by atoms with Crippen molar-refractivity contribution in [3.8, 4) is 0 Å². The minimum atomic E-state index is -3.87. The molecule has 7 nitrogen and oxygen atoms in total. The Hall–Kier alpha value is -1.84. The Morgan fingerprint density at radius 2 is 1.66 bits per heavy atom. The third-order valence-electron chi connectivity index (χ3n) is 3.76. The van der Waals surface area contributed by atoms with Crippen LogP contribution >= 0.6 is 34.8 Å². The van der Waals surface area contributed by atoms with Gasteiger partial charge in [0.2, 0.25) is 10.0 Å². The first-order valence-corrected chi connectivity index (χ1v) is 10.7. The molecule has 0 aliphatic rings. The van der Waals surface area contributed by atoms with Crippen LogP contribution in [0.3, 0.4) is 0 Å². The zero-order valence-corrected chi connectivity index (χ0v) is 18.7. The van der Waals surface area contributed by atoms with E-state index in [1.54, 1.807) is 6.07 Å². The Kier molecular flexibility index (Phi) is 7.53. The van der Waals surface area contributed by atoms with Gasteiger partial charge in [-0.2, -0.15) is 0 Å². The van der Waals surface area contributed by atoms with E-state index in [4.69, 9.17) is 39.5 Å². The van der Waals surface area contributed by atoms with Crippen LogP contribution in [0, 0.1) is 0 Å². The van der Waals surface area contributed by atoms with Gasteiger partial charge in [-0.05, 0) is 43.3 Å². The predicted molar refractivity (Wildman–Crippen MR) is 112 cm³/mol. The number of hydrogen-bond donors (Lipinski definition) is 1. The van der Waals surface area contributed by atoms with Crippen molar-refractivity contribution in [1.29, 1.82) is 0 Å². The van der Waals surface area contributed by atoms with Gasteiger partial charge in [0.25, 0.3) is 5.91 Å². The first-order valence-electron chi connectivity index (χ1n) is 8.12. The number of hydrogen-bond acceptors (Lipinski definition) is 5. The highest BCUT2D eigenvalue weighted by Crippen LogP contribution is 2.27. The Balaban J connectivity index is 2.17. The minimum Gasteiger partial charge on any atom is -0.449 e. The maximum absolute atomic E-state index is 12.4. The van der Waals surface area contributed by atoms with Gasteiger partial charge in [-0.15, -0.1) is 0 Å². The lowest BCUT2D eigenvalue weighted by Crippen LogP contribution is -2.30. The SMILES string of the molecule is CC(OC(=O)c1ccc(Cl)c(S(=O)(=O)N(C)C)c1)C(=O)Nc1cc(Cl)ccc1Cl. The summed E-state index contributed by atoms with van der Waals surface area (Å²) in [4.78, 5) is 24.4. The van der Waals surface area contributed by atoms with E-state index in [1.165, 1.54) is 45.3 Å². The van der Waals surface area contributed by atoms with Gasteiger partial charge in [0.1, 0.15) is 4.90 Å². The standard InChI is InChI=1S/C18H17Cl3N2O5S/c1-10(17(24)22-15-9-12(19)5-7-13(15)20)28-18(25)11-4-6-14(21)16(8-11)29(26,27)23(2)3/h4-10H,1-3H3,(H,22,24). The number of amides is 1. The second kappa shape index (κ2) is 9.32. The molecule has 29 heavy (non-hydrogen) atoms. The number of benzene rings is 2. The summed E-state index contributed by atoms with van der Waals surface area (Å²) in [7, 11) is -1.20. The van der Waals surface area contributed by atoms with E-state index in [2.05, 4.69) is 5.32 Å². The third kappa shape index (κ3) is 5.61. The average molecular weight is 480 g/mol. The van der Waals surface area contributed by atoms with Gasteiger partial charge in [-0.25, -0.2) is 17.5 Å². The number of carbonyl (C=O) groups is 2. The molecule has 2 aromatic carbocycles. The molecule has 0 aromatic heterocycles. The van der Waals surface area contributed by atoms with Crippen LogP contribution in [0.1, 0.15) is 17.3 Å². The summed E-state index contributed by atoms with van der Waals surface area (Å²) in [5.41, 5.74) is 0.188. The maximum Gasteiger partial charge on any atom is 0.338 e. The molecule has 2 aromatic rings. The van der Waals surface area contributed by atoms with Crippen LogP contribution < -0.4 is 5.32 Å². The second-order valence-corrected chi connectivity index (χ2v) is 9.46. The number of nitrogens with one attached hydrogen (secondary N) is 1. The van der Waals surface area contributed by atoms with Crippen molar-refractivity contribution in [3.05, 3.63) is 57.0 Å². The summed E-state index contributed by atoms with van der Waals surface area (Å²) in [6.07, 6.45) is -1.19. The molecule has 0 bridgehead atoms. The average Bonchev–Trinajstić information content (AvgIpc) is 2.64. The summed E-state index contributed by atoms with van der Waals surface area (Å²) in [6.45, 7) is 1.36. The van der Waals surface area contributed by atoms with E-state index >= 15 is 0 Å². The highest BCUT2D eigenvalue weighted by molar-refractivity contribution is 7.89. The van der Waals surface area contributed by atoms with Gasteiger partial charge in [-0.3, -0.25) is 4.79 Å². The largest absolute Gasteiger partial charge is 0.449 e. The van der Waals surface area contributed by atoms with Crippen LogP contribution in [0.25, 0.3) is 0 Å². The smallest absolute Gasteiger partial charge is 0.338 e. The zero-order chi connectivity index (χ0) is 21.9. The van der Waals surface area contributed by atoms with E-state index < -0.39 is 28.0 Å². The molecule has 0 fully saturated rings. The van der Waals surface area contributed by atoms with Crippen molar-refractivity contribution < 1.29 is 22.7 Å². The van der Waals surface area contributed by atoms with Crippen molar-refractivity contribution in [2.24, 2.45) is 0 Å². The van der Waals surface area contributed by atoms with Crippen molar-refractivity contribution in [2.75, 3.05) is 19.4 Å². The molecule has 1 atom stereocenters. The fourth-order valence-electron chi connectivity index (χ4n) is 2.13. The van der Waals surface area contributed by atoms with E-state index in [-0.39, 0.29) is 26.2 Å². The van der Waals surface area contributed by atoms with Crippen LogP contribution in [0.4, 0.5) is 5.69 Å². The highest BCUT2D eigenvalue weighted by atomic mass is 35.5. The molecule has 0 radical (unpaired) electrons. The first kappa shape index (κ1) is 23.4. The highest BCUT2D eigenvalue weighted by Gasteiger charge is 2.25. The number of nitrogens with zero attached hydrogens (tertiary/aromatic N) is 1. The summed E-state index contributed by atoms with van der Waals surface area (Å²) >= 11 is 17.8. The normalized spacial score (nSPS) is 12.5. The van der Waals surface area contributed by atoms with Crippen LogP contribution in [-0.4, -0.2) is 44.8 Å². The molecule has 0 aliphatic heterocycles. The number of carbonyl (C=O) groups excluding carboxylic acids is 2. The number of rotatable bonds is 6. The quantitative estimate of drug-likeness (QED) is 0.630. The van der Waals surface area contributed by atoms with Gasteiger partial charge in [-0.1, -0.05) is 34.8 Å². The number of esters is 1. The van der Waals surface area contributed by atoms with Crippen LogP contribution in [0.5, 0.6) is 0 Å². The van der Waals surface area contributed by atoms with E-state index in [9.17, 15) is 18.0 Å². The molecular formula is C18H17Cl3N2O5S. The van der Waals surface area contributed by atoms with Crippen LogP contribution in [0.2, 0.25) is 15.1 Å². The lowest BCUT2D eigenvalue weighted by Gasteiger charge is -2.16. The van der Waals surface area contributed by atoms with Gasteiger partial charge >= 0.3 is 5.97 Å². The second-order valence-electron chi connectivity index (χ2n) is 6.09. The molecule has 0 saturated heterocycles. The fourth-order valence-corrected chi connectivity index (χ4v) is 3.87. The molecular weight excluding hydrogens is 463 g/mol. The van der Waals surface area contributed by atoms with Crippen molar-refractivity contribution in [3.63, 3.8) is 0 Å². The topological polar surface area (TPSA) is 92.8 Å². The Morgan fingerprint density at radius 1 is 1.03 bits per heavy atom. The molecule has 0 aliphatic carbocycles. The molecule has 0 saturated carbocycles. The molecule has 0 spiro atoms. The Bertz CT molecular complexity index is 1060. The summed E-state index contributed by atoms with van der Waals surface area (Å²) in [5, 5.41) is 3.09. The summed E-state index contributed by atoms with van der Waals surface area (Å²) in [6, 6.07) is 8.19. The number of sulfonamides is 1. The van der Waals surface area contributed by atoms with Crippen LogP contribution in [-0.2, 0) is 19.6 Å². The minimum absolute atomic E-state index is 0.0448. The first-order chi connectivity index (χ1) is 13.4. The summed E-state index contributed by atoms with van der Waals surface area (Å²) < 4.78 is 30.7. The van der Waals surface area contributed by atoms with Crippen LogP contribution in [0.15, 0.2) is 41.3 Å². The number of halogens is 3. The molecule has 1 amide bonds. The Labute approximate surface area is 183 Å². The maximum atomic E-state index is 12.4. The third-order valence-corrected chi connectivity index (χ3v) is 6.63. The fraction of sp³-hybridized carbons (Fsp3) is 0.222. The molecule has 11 heteroatoms. The van der Waals surface area contributed by atoms with Gasteiger partial charge in [0, 0.05) is 19.1 Å². The van der Waals surface area contributed by atoms with Crippen molar-refractivity contribution in [2.45, 2.75) is 17.9 Å². The monoisotopic (exact) mass is 478 g/mol. The van der Waals surface area contributed by atoms with E-state index in [0.717, 1.165) is 10.4 Å². The van der Waals surface area contributed by atoms with Gasteiger partial charge in [0.05, 0.1) is 21.3 Å². The predicted octanol–water partition coefficient (Wildman–Crippen LogP) is 4.08. The Morgan fingerprint density at radius 3 is 2.28 bits per heavy atom. The number of ether oxygens (including phenoxy) is 1.